The van der Waals surface area contributed by atoms with Gasteiger partial charge in [0.1, 0.15) is 5.69 Å². The van der Waals surface area contributed by atoms with Crippen molar-refractivity contribution in [3.8, 4) is 0 Å². The van der Waals surface area contributed by atoms with E-state index in [1.165, 1.54) is 12.1 Å². The van der Waals surface area contributed by atoms with Gasteiger partial charge in [0.2, 0.25) is 0 Å². The Morgan fingerprint density at radius 2 is 1.95 bits per heavy atom. The van der Waals surface area contributed by atoms with Crippen LogP contribution in [0.2, 0.25) is 0 Å². The monoisotopic (exact) mass is 294 g/mol. The van der Waals surface area contributed by atoms with Crippen LogP contribution in [0.15, 0.2) is 23.3 Å². The molecule has 0 saturated heterocycles. The maximum Gasteiger partial charge on any atom is 0.301 e. The van der Waals surface area contributed by atoms with Crippen LogP contribution in [0.3, 0.4) is 0 Å². The summed E-state index contributed by atoms with van der Waals surface area (Å²) in [5, 5.41) is 25.7. The van der Waals surface area contributed by atoms with E-state index in [1.54, 1.807) is 0 Å². The highest BCUT2D eigenvalue weighted by molar-refractivity contribution is 5.83. The molecule has 0 bridgehead atoms. The Hall–Kier alpha value is -2.51. The normalized spacial score (nSPS) is 11.2. The van der Waals surface area contributed by atoms with Gasteiger partial charge in [0.15, 0.2) is 0 Å². The molecule has 0 fully saturated rings. The van der Waals surface area contributed by atoms with Gasteiger partial charge in [-0.25, -0.2) is 0 Å². The molecular weight excluding hydrogens is 276 g/mol. The average Bonchev–Trinajstić information content (AvgIpc) is 2.45. The van der Waals surface area contributed by atoms with E-state index in [-0.39, 0.29) is 17.1 Å². The number of nitro groups is 2. The van der Waals surface area contributed by atoms with Crippen LogP contribution >= 0.6 is 0 Å². The Bertz CT molecular complexity index is 557. The number of hydrogen-bond donors (Lipinski definition) is 1. The number of hydrazone groups is 1. The third-order valence-corrected chi connectivity index (χ3v) is 2.90. The Morgan fingerprint density at radius 3 is 2.52 bits per heavy atom. The zero-order chi connectivity index (χ0) is 15.8. The number of anilines is 1. The summed E-state index contributed by atoms with van der Waals surface area (Å²) in [6.07, 6.45) is 4.02. The van der Waals surface area contributed by atoms with Gasteiger partial charge < -0.3 is 0 Å². The van der Waals surface area contributed by atoms with Crippen LogP contribution in [0.5, 0.6) is 0 Å². The number of nitro benzene ring substituents is 2. The molecule has 0 aromatic heterocycles. The molecular formula is C13H18N4O4. The third-order valence-electron chi connectivity index (χ3n) is 2.90. The summed E-state index contributed by atoms with van der Waals surface area (Å²) in [5.41, 5.74) is 2.89. The Labute approximate surface area is 122 Å². The van der Waals surface area contributed by atoms with Crippen molar-refractivity contribution in [1.82, 2.24) is 0 Å². The second kappa shape index (κ2) is 7.93. The molecule has 0 unspecified atom stereocenters. The first kappa shape index (κ1) is 16.5. The first-order valence-electron chi connectivity index (χ1n) is 6.67. The van der Waals surface area contributed by atoms with Gasteiger partial charge >= 0.3 is 5.69 Å². The maximum atomic E-state index is 10.9. The SMILES string of the molecule is CCCCC/C(C)=N/Nc1ccc([N+](=O)[O-])cc1[N+](=O)[O-]. The largest absolute Gasteiger partial charge is 0.301 e. The van der Waals surface area contributed by atoms with Crippen LogP contribution in [0, 0.1) is 20.2 Å². The molecule has 114 valence electrons. The van der Waals surface area contributed by atoms with Gasteiger partial charge in [0.05, 0.1) is 15.9 Å². The van der Waals surface area contributed by atoms with Gasteiger partial charge in [0, 0.05) is 11.8 Å². The van der Waals surface area contributed by atoms with E-state index < -0.39 is 9.85 Å². The first-order chi connectivity index (χ1) is 9.95. The Balaban J connectivity index is 2.85. The summed E-state index contributed by atoms with van der Waals surface area (Å²) in [4.78, 5) is 20.2. The van der Waals surface area contributed by atoms with Crippen molar-refractivity contribution in [1.29, 1.82) is 0 Å². The highest BCUT2D eigenvalue weighted by atomic mass is 16.6. The number of non-ortho nitro benzene ring substituents is 1. The summed E-state index contributed by atoms with van der Waals surface area (Å²) in [7, 11) is 0. The molecule has 0 aliphatic heterocycles. The fourth-order valence-corrected chi connectivity index (χ4v) is 1.72. The molecule has 0 atom stereocenters. The zero-order valence-electron chi connectivity index (χ0n) is 12.0. The van der Waals surface area contributed by atoms with Gasteiger partial charge in [-0.05, 0) is 25.8 Å². The number of unbranched alkanes of at least 4 members (excludes halogenated alkanes) is 2. The number of hydrogen-bond acceptors (Lipinski definition) is 6. The van der Waals surface area contributed by atoms with Gasteiger partial charge in [-0.2, -0.15) is 5.10 Å². The van der Waals surface area contributed by atoms with Crippen molar-refractivity contribution in [2.75, 3.05) is 5.43 Å². The summed E-state index contributed by atoms with van der Waals surface area (Å²) in [6, 6.07) is 3.42. The lowest BCUT2D eigenvalue weighted by molar-refractivity contribution is -0.393. The molecule has 1 aromatic rings. The zero-order valence-corrected chi connectivity index (χ0v) is 12.0. The standard InChI is InChI=1S/C13H18N4O4/c1-3-4-5-6-10(2)14-15-12-8-7-11(16(18)19)9-13(12)17(20)21/h7-9,15H,3-6H2,1-2H3/b14-10+. The number of rotatable bonds is 8. The minimum absolute atomic E-state index is 0.139. The quantitative estimate of drug-likeness (QED) is 0.338. The number of nitrogens with one attached hydrogen (secondary N) is 1. The topological polar surface area (TPSA) is 111 Å². The lowest BCUT2D eigenvalue weighted by atomic mass is 10.1. The average molecular weight is 294 g/mol. The van der Waals surface area contributed by atoms with E-state index in [1.807, 2.05) is 6.92 Å². The first-order valence-corrected chi connectivity index (χ1v) is 6.67. The van der Waals surface area contributed by atoms with E-state index in [0.29, 0.717) is 0 Å². The molecule has 8 heteroatoms. The van der Waals surface area contributed by atoms with E-state index in [9.17, 15) is 20.2 Å². The van der Waals surface area contributed by atoms with Crippen LogP contribution < -0.4 is 5.43 Å². The van der Waals surface area contributed by atoms with Crippen molar-refractivity contribution in [3.05, 3.63) is 38.4 Å². The van der Waals surface area contributed by atoms with Gasteiger partial charge in [-0.3, -0.25) is 25.7 Å². The molecule has 0 aliphatic carbocycles. The smallest absolute Gasteiger partial charge is 0.272 e. The summed E-state index contributed by atoms with van der Waals surface area (Å²) in [6.45, 7) is 3.94. The third kappa shape index (κ3) is 5.17. The van der Waals surface area contributed by atoms with Crippen molar-refractivity contribution >= 4 is 22.8 Å². The predicted molar refractivity (Wildman–Crippen MR) is 80.6 cm³/mol. The van der Waals surface area contributed by atoms with Crippen LogP contribution in [-0.2, 0) is 0 Å². The highest BCUT2D eigenvalue weighted by Crippen LogP contribution is 2.28. The lowest BCUT2D eigenvalue weighted by Gasteiger charge is -2.04. The van der Waals surface area contributed by atoms with Gasteiger partial charge in [-0.1, -0.05) is 19.8 Å². The van der Waals surface area contributed by atoms with E-state index in [2.05, 4.69) is 17.5 Å². The van der Waals surface area contributed by atoms with E-state index >= 15 is 0 Å². The van der Waals surface area contributed by atoms with Crippen molar-refractivity contribution in [2.24, 2.45) is 5.10 Å². The van der Waals surface area contributed by atoms with E-state index in [0.717, 1.165) is 37.5 Å². The minimum Gasteiger partial charge on any atom is -0.272 e. The van der Waals surface area contributed by atoms with Gasteiger partial charge in [0.25, 0.3) is 5.69 Å². The summed E-state index contributed by atoms with van der Waals surface area (Å²) in [5.74, 6) is 0. The second-order valence-corrected chi connectivity index (χ2v) is 4.63. The fourth-order valence-electron chi connectivity index (χ4n) is 1.72. The van der Waals surface area contributed by atoms with Crippen molar-refractivity contribution in [3.63, 3.8) is 0 Å². The fraction of sp³-hybridized carbons (Fsp3) is 0.462. The Morgan fingerprint density at radius 1 is 1.24 bits per heavy atom. The van der Waals surface area contributed by atoms with Crippen molar-refractivity contribution in [2.45, 2.75) is 39.5 Å². The molecule has 1 aromatic carbocycles. The molecule has 21 heavy (non-hydrogen) atoms. The number of nitrogens with zero attached hydrogens (tertiary/aromatic N) is 3. The Kier molecular flexibility index (Phi) is 6.25. The summed E-state index contributed by atoms with van der Waals surface area (Å²) >= 11 is 0. The van der Waals surface area contributed by atoms with E-state index in [4.69, 9.17) is 0 Å². The molecule has 8 nitrogen and oxygen atoms in total. The minimum atomic E-state index is -0.671. The lowest BCUT2D eigenvalue weighted by Crippen LogP contribution is -2.01. The number of benzene rings is 1. The van der Waals surface area contributed by atoms with Gasteiger partial charge in [-0.15, -0.1) is 0 Å². The van der Waals surface area contributed by atoms with Crippen LogP contribution in [-0.4, -0.2) is 15.6 Å². The molecule has 0 spiro atoms. The van der Waals surface area contributed by atoms with Crippen LogP contribution in [0.1, 0.15) is 39.5 Å². The molecule has 0 saturated carbocycles. The molecule has 0 radical (unpaired) electrons. The van der Waals surface area contributed by atoms with Crippen LogP contribution in [0.4, 0.5) is 17.1 Å². The predicted octanol–water partition coefficient (Wildman–Crippen LogP) is 3.87. The summed E-state index contributed by atoms with van der Waals surface area (Å²) < 4.78 is 0. The van der Waals surface area contributed by atoms with Crippen LogP contribution in [0.25, 0.3) is 0 Å². The molecule has 1 rings (SSSR count). The second-order valence-electron chi connectivity index (χ2n) is 4.63. The maximum absolute atomic E-state index is 10.9. The molecule has 0 aliphatic rings. The molecule has 1 N–H and O–H groups in total. The molecule has 0 heterocycles. The van der Waals surface area contributed by atoms with Crippen molar-refractivity contribution < 1.29 is 9.85 Å². The molecule has 0 amide bonds. The highest BCUT2D eigenvalue weighted by Gasteiger charge is 2.19.